The van der Waals surface area contributed by atoms with Crippen molar-refractivity contribution in [2.45, 2.75) is 11.3 Å². The van der Waals surface area contributed by atoms with E-state index in [1.165, 1.54) is 0 Å². The minimum Gasteiger partial charge on any atom is -0.399 e. The van der Waals surface area contributed by atoms with E-state index in [1.54, 1.807) is 30.3 Å². The molecule has 0 heterocycles. The summed E-state index contributed by atoms with van der Waals surface area (Å²) in [6, 6.07) is 14.2. The number of nitrogens with one attached hydrogen (secondary N) is 1. The number of hydrogen-bond acceptors (Lipinski definition) is 3. The van der Waals surface area contributed by atoms with Gasteiger partial charge < -0.3 is 11.1 Å². The van der Waals surface area contributed by atoms with Crippen LogP contribution in [0.15, 0.2) is 57.9 Å². The van der Waals surface area contributed by atoms with E-state index >= 15 is 0 Å². The highest BCUT2D eigenvalue weighted by molar-refractivity contribution is 9.10. The number of nitrogens with two attached hydrogens (primary N) is 1. The van der Waals surface area contributed by atoms with E-state index in [9.17, 15) is 9.00 Å². The first-order valence-corrected chi connectivity index (χ1v) is 8.46. The molecule has 6 heteroatoms. The molecule has 0 radical (unpaired) electrons. The number of carbonyl (C=O) groups excluding carboxylic acids is 1. The lowest BCUT2D eigenvalue weighted by Crippen LogP contribution is -2.15. The van der Waals surface area contributed by atoms with Crippen molar-refractivity contribution < 1.29 is 9.00 Å². The monoisotopic (exact) mass is 366 g/mol. The molecule has 110 valence electrons. The molecule has 0 fully saturated rings. The van der Waals surface area contributed by atoms with Gasteiger partial charge in [-0.15, -0.1) is 0 Å². The van der Waals surface area contributed by atoms with Gasteiger partial charge in [-0.3, -0.25) is 9.00 Å². The number of amides is 1. The van der Waals surface area contributed by atoms with Crippen LogP contribution in [-0.2, 0) is 15.6 Å². The molecule has 0 aliphatic carbocycles. The molecular weight excluding hydrogens is 352 g/mol. The molecule has 0 aliphatic rings. The first kappa shape index (κ1) is 15.7. The maximum absolute atomic E-state index is 12.2. The van der Waals surface area contributed by atoms with Gasteiger partial charge >= 0.3 is 0 Å². The Labute approximate surface area is 134 Å². The summed E-state index contributed by atoms with van der Waals surface area (Å²) < 4.78 is 12.9. The zero-order valence-corrected chi connectivity index (χ0v) is 13.6. The predicted molar refractivity (Wildman–Crippen MR) is 89.5 cm³/mol. The van der Waals surface area contributed by atoms with Crippen LogP contribution in [0, 0.1) is 0 Å². The fourth-order valence-corrected chi connectivity index (χ4v) is 3.65. The van der Waals surface area contributed by atoms with Gasteiger partial charge in [-0.1, -0.05) is 12.1 Å². The summed E-state index contributed by atoms with van der Waals surface area (Å²) in [5.41, 5.74) is 6.90. The Bertz CT molecular complexity index is 659. The molecule has 0 saturated carbocycles. The zero-order chi connectivity index (χ0) is 15.2. The summed E-state index contributed by atoms with van der Waals surface area (Å²) in [6.45, 7) is 0. The summed E-state index contributed by atoms with van der Waals surface area (Å²) in [5.74, 6) is 0.115. The zero-order valence-electron chi connectivity index (χ0n) is 11.2. The Morgan fingerprint density at radius 1 is 1.14 bits per heavy atom. The molecule has 1 atom stereocenters. The standard InChI is InChI=1S/C15H15BrN2O2S/c16-13-3-1-2-4-14(13)21(20)10-9-15(19)18-12-7-5-11(17)6-8-12/h1-8H,9-10,17H2,(H,18,19). The molecule has 2 aromatic carbocycles. The van der Waals surface area contributed by atoms with Crippen molar-refractivity contribution in [2.75, 3.05) is 16.8 Å². The molecule has 21 heavy (non-hydrogen) atoms. The van der Waals surface area contributed by atoms with E-state index in [0.717, 1.165) is 4.47 Å². The van der Waals surface area contributed by atoms with Crippen LogP contribution in [0.25, 0.3) is 0 Å². The number of benzene rings is 2. The largest absolute Gasteiger partial charge is 0.399 e. The third-order valence-corrected chi connectivity index (χ3v) is 5.17. The molecule has 4 nitrogen and oxygen atoms in total. The first-order valence-electron chi connectivity index (χ1n) is 6.34. The average Bonchev–Trinajstić information content (AvgIpc) is 2.48. The van der Waals surface area contributed by atoms with Gasteiger partial charge in [-0.05, 0) is 52.3 Å². The summed E-state index contributed by atoms with van der Waals surface area (Å²) in [6.07, 6.45) is 0.193. The highest BCUT2D eigenvalue weighted by atomic mass is 79.9. The van der Waals surface area contributed by atoms with Crippen LogP contribution in [-0.4, -0.2) is 15.9 Å². The number of anilines is 2. The van der Waals surface area contributed by atoms with Crippen LogP contribution in [0.1, 0.15) is 6.42 Å². The first-order chi connectivity index (χ1) is 10.1. The molecule has 0 saturated heterocycles. The van der Waals surface area contributed by atoms with Gasteiger partial charge in [-0.25, -0.2) is 0 Å². The van der Waals surface area contributed by atoms with Gasteiger partial charge in [0.1, 0.15) is 0 Å². The van der Waals surface area contributed by atoms with Gasteiger partial charge in [0.05, 0.1) is 15.7 Å². The minimum absolute atomic E-state index is 0.167. The third kappa shape index (κ3) is 4.68. The summed E-state index contributed by atoms with van der Waals surface area (Å²) in [7, 11) is -1.20. The van der Waals surface area contributed by atoms with Crippen LogP contribution in [0.5, 0.6) is 0 Å². The van der Waals surface area contributed by atoms with Crippen LogP contribution in [0.4, 0.5) is 11.4 Å². The Balaban J connectivity index is 1.88. The molecule has 3 N–H and O–H groups in total. The molecule has 2 aromatic rings. The van der Waals surface area contributed by atoms with Gasteiger partial charge in [0.15, 0.2) is 0 Å². The second-order valence-electron chi connectivity index (χ2n) is 4.40. The van der Waals surface area contributed by atoms with Crippen LogP contribution >= 0.6 is 15.9 Å². The van der Waals surface area contributed by atoms with Crippen molar-refractivity contribution in [3.63, 3.8) is 0 Å². The molecule has 0 bridgehead atoms. The topological polar surface area (TPSA) is 72.2 Å². The Morgan fingerprint density at radius 2 is 1.81 bits per heavy atom. The van der Waals surface area contributed by atoms with Crippen LogP contribution < -0.4 is 11.1 Å². The molecule has 2 rings (SSSR count). The Kier molecular flexibility index (Phi) is 5.52. The average molecular weight is 367 g/mol. The number of nitrogen functional groups attached to an aromatic ring is 1. The van der Waals surface area contributed by atoms with E-state index in [-0.39, 0.29) is 18.1 Å². The second-order valence-corrected chi connectivity index (χ2v) is 6.79. The fraction of sp³-hybridized carbons (Fsp3) is 0.133. The van der Waals surface area contributed by atoms with Crippen molar-refractivity contribution >= 4 is 44.0 Å². The molecule has 1 amide bonds. The van der Waals surface area contributed by atoms with E-state index < -0.39 is 10.8 Å². The van der Waals surface area contributed by atoms with Crippen molar-refractivity contribution in [2.24, 2.45) is 0 Å². The number of rotatable bonds is 5. The SMILES string of the molecule is Nc1ccc(NC(=O)CCS(=O)c2ccccc2Br)cc1. The summed E-state index contributed by atoms with van der Waals surface area (Å²) >= 11 is 3.36. The van der Waals surface area contributed by atoms with Crippen LogP contribution in [0.2, 0.25) is 0 Å². The molecular formula is C15H15BrN2O2S. The maximum Gasteiger partial charge on any atom is 0.225 e. The quantitative estimate of drug-likeness (QED) is 0.798. The fourth-order valence-electron chi connectivity index (χ4n) is 1.71. The third-order valence-electron chi connectivity index (χ3n) is 2.79. The van der Waals surface area contributed by atoms with Gasteiger partial charge in [-0.2, -0.15) is 0 Å². The summed E-state index contributed by atoms with van der Waals surface area (Å²) in [4.78, 5) is 12.5. The van der Waals surface area contributed by atoms with E-state index in [4.69, 9.17) is 5.73 Å². The highest BCUT2D eigenvalue weighted by Crippen LogP contribution is 2.20. The van der Waals surface area contributed by atoms with Crippen molar-refractivity contribution in [3.8, 4) is 0 Å². The van der Waals surface area contributed by atoms with Crippen molar-refractivity contribution in [3.05, 3.63) is 53.0 Å². The molecule has 0 aliphatic heterocycles. The number of hydrogen-bond donors (Lipinski definition) is 2. The summed E-state index contributed by atoms with van der Waals surface area (Å²) in [5, 5.41) is 2.75. The van der Waals surface area contributed by atoms with Crippen LogP contribution in [0.3, 0.4) is 0 Å². The molecule has 0 spiro atoms. The van der Waals surface area contributed by atoms with E-state index in [1.807, 2.05) is 18.2 Å². The van der Waals surface area contributed by atoms with E-state index in [0.29, 0.717) is 16.3 Å². The second kappa shape index (κ2) is 7.38. The van der Waals surface area contributed by atoms with Gasteiger partial charge in [0.2, 0.25) is 5.91 Å². The normalized spacial score (nSPS) is 11.9. The number of halogens is 1. The van der Waals surface area contributed by atoms with E-state index in [2.05, 4.69) is 21.2 Å². The number of carbonyl (C=O) groups is 1. The highest BCUT2D eigenvalue weighted by Gasteiger charge is 2.10. The predicted octanol–water partition coefficient (Wildman–Crippen LogP) is 3.17. The lowest BCUT2D eigenvalue weighted by atomic mass is 10.3. The lowest BCUT2D eigenvalue weighted by Gasteiger charge is -2.06. The maximum atomic E-state index is 12.2. The smallest absolute Gasteiger partial charge is 0.225 e. The lowest BCUT2D eigenvalue weighted by molar-refractivity contribution is -0.115. The Morgan fingerprint density at radius 3 is 2.48 bits per heavy atom. The molecule has 1 unspecified atom stereocenters. The van der Waals surface area contributed by atoms with Crippen molar-refractivity contribution in [1.29, 1.82) is 0 Å². The Hall–Kier alpha value is -1.66. The molecule has 0 aromatic heterocycles. The minimum atomic E-state index is -1.20. The van der Waals surface area contributed by atoms with Crippen molar-refractivity contribution in [1.82, 2.24) is 0 Å². The van der Waals surface area contributed by atoms with Gasteiger partial charge in [0.25, 0.3) is 0 Å². The van der Waals surface area contributed by atoms with Gasteiger partial charge in [0, 0.05) is 28.0 Å².